The predicted octanol–water partition coefficient (Wildman–Crippen LogP) is 5.46. The number of hydrogen-bond acceptors (Lipinski definition) is 7. The number of nitrogens with zero attached hydrogens (tertiary/aromatic N) is 2. The second-order valence-corrected chi connectivity index (χ2v) is 9.01. The number of halogens is 1. The first kappa shape index (κ1) is 21.8. The van der Waals surface area contributed by atoms with Gasteiger partial charge in [-0.1, -0.05) is 42.1 Å². The zero-order chi connectivity index (χ0) is 21.6. The summed E-state index contributed by atoms with van der Waals surface area (Å²) in [6.07, 6.45) is 10.9. The molecular weight excluding hydrogens is 438 g/mol. The van der Waals surface area contributed by atoms with Crippen LogP contribution in [0.5, 0.6) is 5.75 Å². The Morgan fingerprint density at radius 1 is 1.29 bits per heavy atom. The van der Waals surface area contributed by atoms with Crippen LogP contribution in [0.25, 0.3) is 17.5 Å². The van der Waals surface area contributed by atoms with Crippen LogP contribution in [0.2, 0.25) is 5.02 Å². The minimum absolute atomic E-state index is 0.279. The van der Waals surface area contributed by atoms with Crippen LogP contribution >= 0.6 is 22.9 Å². The van der Waals surface area contributed by atoms with Crippen LogP contribution < -0.4 is 10.5 Å². The molecule has 2 aromatic heterocycles. The maximum atomic E-state index is 11.2. The zero-order valence-corrected chi connectivity index (χ0v) is 18.8. The summed E-state index contributed by atoms with van der Waals surface area (Å²) in [4.78, 5) is 19.4. The van der Waals surface area contributed by atoms with Gasteiger partial charge in [0.25, 0.3) is 0 Å². The van der Waals surface area contributed by atoms with Gasteiger partial charge in [-0.05, 0) is 43.0 Å². The van der Waals surface area contributed by atoms with Crippen LogP contribution in [-0.2, 0) is 18.0 Å². The number of nitrogens with one attached hydrogen (secondary N) is 1. The van der Waals surface area contributed by atoms with E-state index in [1.54, 1.807) is 36.6 Å². The molecule has 4 rings (SSSR count). The SMILES string of the molecule is COCc1nc(/C=C/C2CCCCC2)sc1COc1ccc(-c2noc(=O)[nH]2)c(Cl)c1. The molecule has 2 heterocycles. The van der Waals surface area contributed by atoms with Crippen molar-refractivity contribution in [1.82, 2.24) is 15.1 Å². The van der Waals surface area contributed by atoms with Gasteiger partial charge in [0, 0.05) is 12.7 Å². The largest absolute Gasteiger partial charge is 0.488 e. The highest BCUT2D eigenvalue weighted by molar-refractivity contribution is 7.12. The Morgan fingerprint density at radius 3 is 2.84 bits per heavy atom. The van der Waals surface area contributed by atoms with Crippen molar-refractivity contribution in [3.63, 3.8) is 0 Å². The molecule has 9 heteroatoms. The van der Waals surface area contributed by atoms with Crippen molar-refractivity contribution in [2.75, 3.05) is 7.11 Å². The molecule has 0 aliphatic heterocycles. The van der Waals surface area contributed by atoms with Gasteiger partial charge in [0.1, 0.15) is 17.4 Å². The smallest absolute Gasteiger partial charge is 0.439 e. The van der Waals surface area contributed by atoms with Gasteiger partial charge in [-0.25, -0.2) is 9.78 Å². The Hall–Kier alpha value is -2.42. The van der Waals surface area contributed by atoms with Crippen LogP contribution in [0.4, 0.5) is 0 Å². The third-order valence-electron chi connectivity index (χ3n) is 5.24. The van der Waals surface area contributed by atoms with E-state index < -0.39 is 5.76 Å². The average Bonchev–Trinajstić information content (AvgIpc) is 3.38. The molecule has 1 saturated carbocycles. The highest BCUT2D eigenvalue weighted by Crippen LogP contribution is 2.31. The van der Waals surface area contributed by atoms with Gasteiger partial charge in [0.15, 0.2) is 5.82 Å². The minimum atomic E-state index is -0.629. The molecule has 0 spiro atoms. The summed E-state index contributed by atoms with van der Waals surface area (Å²) < 4.78 is 15.8. The number of ether oxygens (including phenoxy) is 2. The molecule has 0 saturated heterocycles. The number of H-pyrrole nitrogens is 1. The molecule has 7 nitrogen and oxygen atoms in total. The van der Waals surface area contributed by atoms with Gasteiger partial charge in [-0.2, -0.15) is 0 Å². The fourth-order valence-electron chi connectivity index (χ4n) is 3.65. The monoisotopic (exact) mass is 461 g/mol. The number of hydrogen-bond donors (Lipinski definition) is 1. The van der Waals surface area contributed by atoms with Crippen LogP contribution in [0.1, 0.15) is 47.7 Å². The normalized spacial score (nSPS) is 15.0. The fourth-order valence-corrected chi connectivity index (χ4v) is 4.81. The van der Waals surface area contributed by atoms with Crippen LogP contribution in [-0.4, -0.2) is 22.2 Å². The summed E-state index contributed by atoms with van der Waals surface area (Å²) in [6, 6.07) is 5.19. The Bertz CT molecular complexity index is 1100. The molecule has 1 aromatic carbocycles. The van der Waals surface area contributed by atoms with Crippen molar-refractivity contribution in [3.05, 3.63) is 55.4 Å². The lowest BCUT2D eigenvalue weighted by Crippen LogP contribution is -2.02. The second kappa shape index (κ2) is 10.3. The number of thiazole rings is 1. The van der Waals surface area contributed by atoms with E-state index in [0.717, 1.165) is 15.6 Å². The number of methoxy groups -OCH3 is 1. The van der Waals surface area contributed by atoms with Gasteiger partial charge in [-0.15, -0.1) is 11.3 Å². The maximum absolute atomic E-state index is 11.2. The molecule has 1 aliphatic carbocycles. The van der Waals surface area contributed by atoms with Gasteiger partial charge in [-0.3, -0.25) is 9.51 Å². The summed E-state index contributed by atoms with van der Waals surface area (Å²) in [7, 11) is 1.66. The lowest BCUT2D eigenvalue weighted by atomic mass is 9.89. The number of aromatic nitrogens is 3. The number of aromatic amines is 1. The molecule has 0 radical (unpaired) electrons. The first-order valence-corrected chi connectivity index (χ1v) is 11.5. The number of rotatable bonds is 8. The van der Waals surface area contributed by atoms with Crippen molar-refractivity contribution in [1.29, 1.82) is 0 Å². The first-order valence-electron chi connectivity index (χ1n) is 10.3. The summed E-state index contributed by atoms with van der Waals surface area (Å²) in [6.45, 7) is 0.801. The minimum Gasteiger partial charge on any atom is -0.488 e. The van der Waals surface area contributed by atoms with Gasteiger partial charge < -0.3 is 9.47 Å². The first-order chi connectivity index (χ1) is 15.1. The molecule has 0 bridgehead atoms. The Balaban J connectivity index is 1.44. The molecule has 0 atom stereocenters. The molecule has 0 amide bonds. The molecule has 3 aromatic rings. The average molecular weight is 462 g/mol. The van der Waals surface area contributed by atoms with Gasteiger partial charge in [0.2, 0.25) is 0 Å². The van der Waals surface area contributed by atoms with E-state index in [0.29, 0.717) is 35.5 Å². The Morgan fingerprint density at radius 2 is 2.13 bits per heavy atom. The Kier molecular flexibility index (Phi) is 7.21. The molecule has 1 aliphatic rings. The number of benzene rings is 1. The summed E-state index contributed by atoms with van der Waals surface area (Å²) >= 11 is 7.95. The van der Waals surface area contributed by atoms with Crippen molar-refractivity contribution in [2.45, 2.75) is 45.3 Å². The van der Waals surface area contributed by atoms with E-state index in [2.05, 4.69) is 26.8 Å². The predicted molar refractivity (Wildman–Crippen MR) is 120 cm³/mol. The third-order valence-corrected chi connectivity index (χ3v) is 6.59. The number of allylic oxidation sites excluding steroid dienone is 1. The quantitative estimate of drug-likeness (QED) is 0.479. The summed E-state index contributed by atoms with van der Waals surface area (Å²) in [5.74, 6) is 0.913. The maximum Gasteiger partial charge on any atom is 0.439 e. The van der Waals surface area contributed by atoms with Crippen molar-refractivity contribution in [2.24, 2.45) is 5.92 Å². The van der Waals surface area contributed by atoms with Crippen molar-refractivity contribution >= 4 is 29.0 Å². The van der Waals surface area contributed by atoms with E-state index in [1.807, 2.05) is 0 Å². The van der Waals surface area contributed by atoms with Gasteiger partial charge in [0.05, 0.1) is 22.2 Å². The van der Waals surface area contributed by atoms with Gasteiger partial charge >= 0.3 is 5.76 Å². The molecule has 164 valence electrons. The standard InChI is InChI=1S/C22H24ClN3O4S/c1-28-12-18-19(31-20(24-18)10-7-14-5-3-2-4-6-14)13-29-15-8-9-16(17(23)11-15)21-25-22(27)30-26-21/h7-11,14H,2-6,12-13H2,1H3,(H,25,26,27)/b10-7+. The van der Waals surface area contributed by atoms with E-state index in [1.165, 1.54) is 32.1 Å². The van der Waals surface area contributed by atoms with Crippen molar-refractivity contribution in [3.8, 4) is 17.1 Å². The van der Waals surface area contributed by atoms with E-state index in [4.69, 9.17) is 26.1 Å². The lowest BCUT2D eigenvalue weighted by Gasteiger charge is -2.17. The van der Waals surface area contributed by atoms with E-state index in [9.17, 15) is 4.79 Å². The molecule has 0 unspecified atom stereocenters. The molecule has 31 heavy (non-hydrogen) atoms. The highest BCUT2D eigenvalue weighted by atomic mass is 35.5. The highest BCUT2D eigenvalue weighted by Gasteiger charge is 2.14. The fraction of sp³-hybridized carbons (Fsp3) is 0.409. The second-order valence-electron chi connectivity index (χ2n) is 7.49. The van der Waals surface area contributed by atoms with Crippen LogP contribution in [0, 0.1) is 5.92 Å². The summed E-state index contributed by atoms with van der Waals surface area (Å²) in [5.41, 5.74) is 1.45. The lowest BCUT2D eigenvalue weighted by molar-refractivity contribution is 0.179. The summed E-state index contributed by atoms with van der Waals surface area (Å²) in [5, 5.41) is 5.03. The van der Waals surface area contributed by atoms with Crippen LogP contribution in [0.3, 0.4) is 0 Å². The van der Waals surface area contributed by atoms with Crippen molar-refractivity contribution < 1.29 is 14.0 Å². The zero-order valence-electron chi connectivity index (χ0n) is 17.2. The van der Waals surface area contributed by atoms with E-state index >= 15 is 0 Å². The Labute approximate surface area is 189 Å². The topological polar surface area (TPSA) is 90.2 Å². The molecule has 1 fully saturated rings. The third kappa shape index (κ3) is 5.64. The van der Waals surface area contributed by atoms with Crippen LogP contribution in [0.15, 0.2) is 33.6 Å². The molecule has 1 N–H and O–H groups in total. The molecular formula is C22H24ClN3O4S. The van der Waals surface area contributed by atoms with E-state index in [-0.39, 0.29) is 5.82 Å².